The molecule has 29 heteroatoms. The van der Waals surface area contributed by atoms with E-state index in [0.717, 1.165) is 125 Å². The molecule has 5 atom stereocenters. The second-order valence-corrected chi connectivity index (χ2v) is 38.7. The summed E-state index contributed by atoms with van der Waals surface area (Å²) in [6.45, 7) is 46.4. The Kier molecular flexibility index (Phi) is 32.4. The third-order valence-electron chi connectivity index (χ3n) is 28.6. The number of aromatic nitrogens is 17. The van der Waals surface area contributed by atoms with Crippen molar-refractivity contribution < 1.29 is 4.42 Å². The molecule has 0 bridgehead atoms. The average Bonchev–Trinajstić information content (AvgIpc) is 1.66. The molecular formula is C113H137N27OS. The van der Waals surface area contributed by atoms with Crippen molar-refractivity contribution >= 4 is 168 Å². The minimum atomic E-state index is 0.505. The Bertz CT molecular complexity index is 7510. The zero-order valence-corrected chi connectivity index (χ0v) is 87.0. The Morgan fingerprint density at radius 2 is 0.930 bits per heavy atom. The Balaban J connectivity index is 0.000000130. The molecule has 24 rings (SSSR count). The number of nitrogens with one attached hydrogen (secondary N) is 4. The number of aromatic amines is 4. The van der Waals surface area contributed by atoms with Gasteiger partial charge in [0.05, 0.1) is 39.2 Å². The van der Waals surface area contributed by atoms with Crippen LogP contribution in [-0.4, -0.2) is 83.9 Å². The fraction of sp³-hybridized carbons (Fsp3) is 0.283. The van der Waals surface area contributed by atoms with E-state index in [1.165, 1.54) is 137 Å². The van der Waals surface area contributed by atoms with Crippen LogP contribution in [0.25, 0.3) is 98.1 Å². The number of hydrogen-bond acceptors (Lipinski definition) is 23. The van der Waals surface area contributed by atoms with Gasteiger partial charge < -0.3 is 90.8 Å². The molecule has 4 aliphatic carbocycles. The fourth-order valence-corrected chi connectivity index (χ4v) is 19.6. The van der Waals surface area contributed by atoms with Gasteiger partial charge in [0.25, 0.3) is 0 Å². The molecular weight excluding hydrogens is 1780 g/mol. The molecule has 0 radical (unpaired) electrons. The molecule has 0 fully saturated rings. The molecule has 736 valence electrons. The number of nitrogens with zero attached hydrogens (tertiary/aromatic N) is 13. The molecule has 19 aromatic heterocycles. The summed E-state index contributed by atoms with van der Waals surface area (Å²) in [5.41, 5.74) is 94.7. The number of hydrogen-bond donors (Lipinski definition) is 14. The van der Waals surface area contributed by atoms with Crippen LogP contribution in [0.1, 0.15) is 196 Å². The number of furan rings is 1. The van der Waals surface area contributed by atoms with Gasteiger partial charge in [0.1, 0.15) is 63.7 Å². The van der Waals surface area contributed by atoms with Crippen LogP contribution in [0, 0.1) is 109 Å². The highest BCUT2D eigenvalue weighted by atomic mass is 32.1. The van der Waals surface area contributed by atoms with Crippen molar-refractivity contribution in [3.63, 3.8) is 0 Å². The monoisotopic (exact) mass is 1920 g/mol. The van der Waals surface area contributed by atoms with Crippen molar-refractivity contribution in [2.24, 2.45) is 25.9 Å². The van der Waals surface area contributed by atoms with Gasteiger partial charge in [-0.1, -0.05) is 57.9 Å². The SMILES string of the molecule is CC1=C(C)c2c(ccnc2N)C1.CC1=Cc2c(ccnc2N)C1C.CC1Cc2c(ccnc2N)C1C.CC1Cc2ccnc(N)c2C1C.Cc1[nH]c2c(N)nccc2c1C.Cc1[nH]c2ccnc(N)c2c1C.Cc1[nH]c2ccncc2c1C.Cc1[nH]c2cnccc2c1C.Cc1cc2c(N)cccc2n1C.Cc1cc2ccnc(N)c2n1C.Cc1oc2ccnc(N)c2c1C.Cc1sc2ccnc(N)c2c1C. The van der Waals surface area contributed by atoms with Crippen LogP contribution in [-0.2, 0) is 33.4 Å². The first-order valence-electron chi connectivity index (χ1n) is 47.7. The first kappa shape index (κ1) is 103. The molecule has 5 unspecified atom stereocenters. The highest BCUT2D eigenvalue weighted by Gasteiger charge is 2.30. The predicted octanol–water partition coefficient (Wildman–Crippen LogP) is 24.1. The molecule has 142 heavy (non-hydrogen) atoms. The maximum atomic E-state index is 5.83. The molecule has 0 saturated heterocycles. The second-order valence-electron chi connectivity index (χ2n) is 37.5. The Morgan fingerprint density at radius 3 is 1.57 bits per heavy atom. The maximum Gasteiger partial charge on any atom is 0.147 e. The number of nitrogens with two attached hydrogens (primary N) is 10. The molecule has 0 spiro atoms. The van der Waals surface area contributed by atoms with E-state index in [-0.39, 0.29) is 0 Å². The second kappa shape index (κ2) is 44.5. The number of H-pyrrole nitrogens is 4. The van der Waals surface area contributed by atoms with Crippen molar-refractivity contribution in [3.8, 4) is 0 Å². The fourth-order valence-electron chi connectivity index (χ4n) is 18.5. The number of anilines is 10. The van der Waals surface area contributed by atoms with Gasteiger partial charge in [0.15, 0.2) is 0 Å². The van der Waals surface area contributed by atoms with E-state index in [1.54, 1.807) is 67.1 Å². The van der Waals surface area contributed by atoms with E-state index in [2.05, 4.69) is 245 Å². The highest BCUT2D eigenvalue weighted by Crippen LogP contribution is 2.43. The molecule has 0 saturated carbocycles. The molecule has 24 N–H and O–H groups in total. The molecule has 1 aromatic carbocycles. The van der Waals surface area contributed by atoms with Gasteiger partial charge in [0.2, 0.25) is 0 Å². The third kappa shape index (κ3) is 22.3. The summed E-state index contributed by atoms with van der Waals surface area (Å²) in [5, 5.41) is 9.09. The quantitative estimate of drug-likeness (QED) is 0.0627. The van der Waals surface area contributed by atoms with Gasteiger partial charge in [0, 0.05) is 209 Å². The lowest BCUT2D eigenvalue weighted by atomic mass is 9.97. The van der Waals surface area contributed by atoms with Crippen molar-refractivity contribution in [2.45, 2.75) is 189 Å². The van der Waals surface area contributed by atoms with Crippen LogP contribution >= 0.6 is 11.3 Å². The summed E-state index contributed by atoms with van der Waals surface area (Å²) in [6.07, 6.45) is 28.5. The van der Waals surface area contributed by atoms with Crippen molar-refractivity contribution in [1.29, 1.82) is 0 Å². The molecule has 0 amide bonds. The Labute approximate surface area is 834 Å². The summed E-state index contributed by atoms with van der Waals surface area (Å²) in [4.78, 5) is 58.9. The zero-order chi connectivity index (χ0) is 103. The van der Waals surface area contributed by atoms with Crippen LogP contribution in [0.4, 0.5) is 58.0 Å². The minimum absolute atomic E-state index is 0.505. The van der Waals surface area contributed by atoms with Crippen LogP contribution in [0.3, 0.4) is 0 Å². The largest absolute Gasteiger partial charge is 0.461 e. The summed E-state index contributed by atoms with van der Waals surface area (Å²) in [6, 6.07) is 32.2. The zero-order valence-electron chi connectivity index (χ0n) is 86.2. The first-order valence-corrected chi connectivity index (χ1v) is 48.5. The average molecular weight is 1920 g/mol. The van der Waals surface area contributed by atoms with E-state index < -0.39 is 0 Å². The normalized spacial score (nSPS) is 14.8. The Morgan fingerprint density at radius 1 is 0.401 bits per heavy atom. The topological polar surface area (TPSA) is 488 Å². The van der Waals surface area contributed by atoms with Crippen LogP contribution in [0.15, 0.2) is 193 Å². The number of thiophene rings is 1. The van der Waals surface area contributed by atoms with E-state index in [0.29, 0.717) is 70.3 Å². The standard InChI is InChI=1S/C10H14N2.C10H12N2.C10H14N2.2C10H12N2.3C9H11N3.C9H10N2O.C9H10N2S.2C9H10N2/c2*1-6-5-9-8(7(6)2)3-4-12-10(9)11;2*1-6-5-8-3-4-12-10(11)9(8)7(6)2;1-7-6-8-9(11)4-3-5-10(8)12(7)2;1-6-5-7-3-4-11-9(10)8(7)12(6)2;1-5-6(2)12-7-3-4-11-9(10)8(5)7;1-5-6(2)12-8-7(5)3-4-11-9(8)10;2*1-5-6(2)12-7-3-4-11-9(10)8(5)7;1-6-7(2)11-9-3-4-10-5-8(6)9;1-6-7(2)11-9-5-10-4-3-8(6)9/h3-4,6-7H,5H2,1-2H3,(H2,11,12);3-5,7H,1-2H3,(H2,11,12);3-4,6-7H,5H2,1-2H3,(H2,11,12);3-4H,5H2,1-2H3,(H2,11,12);3-6H,11H2,1-2H3;3-5H,1-2H3,(H2,10,11);2*3-4,12H,1-2H3,(H2,10,11);2*3-4H,1-2H3,(H2,10,11);2*3-5,11H,1-2H3. The van der Waals surface area contributed by atoms with Crippen molar-refractivity contribution in [3.05, 3.63) is 311 Å². The number of pyridine rings is 11. The molecule has 0 aliphatic heterocycles. The van der Waals surface area contributed by atoms with Crippen molar-refractivity contribution in [1.82, 2.24) is 83.9 Å². The lowest BCUT2D eigenvalue weighted by Gasteiger charge is -2.10. The lowest BCUT2D eigenvalue weighted by Crippen LogP contribution is -2.01. The molecule has 28 nitrogen and oxygen atoms in total. The van der Waals surface area contributed by atoms with E-state index in [4.69, 9.17) is 61.8 Å². The van der Waals surface area contributed by atoms with Gasteiger partial charge in [-0.05, 0) is 313 Å². The van der Waals surface area contributed by atoms with E-state index in [9.17, 15) is 0 Å². The van der Waals surface area contributed by atoms with Crippen LogP contribution in [0.5, 0.6) is 0 Å². The highest BCUT2D eigenvalue weighted by molar-refractivity contribution is 7.19. The molecule has 19 heterocycles. The Hall–Kier alpha value is -15.9. The summed E-state index contributed by atoms with van der Waals surface area (Å²) in [7, 11) is 4.05. The smallest absolute Gasteiger partial charge is 0.147 e. The van der Waals surface area contributed by atoms with Crippen LogP contribution < -0.4 is 57.3 Å². The minimum Gasteiger partial charge on any atom is -0.461 e. The van der Waals surface area contributed by atoms with Gasteiger partial charge in [-0.3, -0.25) is 9.97 Å². The van der Waals surface area contributed by atoms with Gasteiger partial charge >= 0.3 is 0 Å². The summed E-state index contributed by atoms with van der Waals surface area (Å²) < 4.78 is 10.9. The number of allylic oxidation sites excluding steroid dienone is 3. The number of rotatable bonds is 0. The number of aryl methyl sites for hydroxylation is 16. The predicted molar refractivity (Wildman–Crippen MR) is 596 cm³/mol. The van der Waals surface area contributed by atoms with Gasteiger partial charge in [-0.2, -0.15) is 0 Å². The first-order chi connectivity index (χ1) is 67.6. The number of fused-ring (bicyclic) bond motifs is 12. The number of benzene rings is 1. The number of nitrogen functional groups attached to an aromatic ring is 10. The third-order valence-corrected chi connectivity index (χ3v) is 29.8. The summed E-state index contributed by atoms with van der Waals surface area (Å²) >= 11 is 1.77. The summed E-state index contributed by atoms with van der Waals surface area (Å²) in [5.74, 6) is 9.80. The molecule has 20 aromatic rings. The van der Waals surface area contributed by atoms with E-state index >= 15 is 0 Å². The van der Waals surface area contributed by atoms with Crippen molar-refractivity contribution in [2.75, 3.05) is 57.3 Å². The maximum absolute atomic E-state index is 5.83. The lowest BCUT2D eigenvalue weighted by molar-refractivity contribution is 0.532. The van der Waals surface area contributed by atoms with Gasteiger partial charge in [-0.25, -0.2) is 44.9 Å². The van der Waals surface area contributed by atoms with Gasteiger partial charge in [-0.15, -0.1) is 11.3 Å². The van der Waals surface area contributed by atoms with E-state index in [1.807, 2.05) is 133 Å². The molecule has 4 aliphatic rings. The van der Waals surface area contributed by atoms with Crippen LogP contribution in [0.2, 0.25) is 0 Å².